The number of aromatic nitrogens is 5. The third kappa shape index (κ3) is 15.1. The van der Waals surface area contributed by atoms with Crippen LogP contribution in [-0.4, -0.2) is 144 Å². The molecule has 17 nitrogen and oxygen atoms in total. The number of nitrogens with one attached hydrogen (secondary N) is 1. The fraction of sp³-hybridized carbons (Fsp3) is 0.452. The van der Waals surface area contributed by atoms with Crippen molar-refractivity contribution in [2.45, 2.75) is 91.9 Å². The van der Waals surface area contributed by atoms with E-state index < -0.39 is 0 Å². The first-order chi connectivity index (χ1) is 39.8. The Kier molecular flexibility index (Phi) is 22.1. The number of ether oxygens (including phenoxy) is 3. The van der Waals surface area contributed by atoms with Gasteiger partial charge >= 0.3 is 0 Å². The van der Waals surface area contributed by atoms with Gasteiger partial charge in [0.15, 0.2) is 0 Å². The highest BCUT2D eigenvalue weighted by Gasteiger charge is 2.35. The lowest BCUT2D eigenvalue weighted by Crippen LogP contribution is -2.38. The number of morpholine rings is 3. The van der Waals surface area contributed by atoms with Gasteiger partial charge in [-0.3, -0.25) is 9.69 Å². The molecule has 0 radical (unpaired) electrons. The second-order valence-corrected chi connectivity index (χ2v) is 21.9. The van der Waals surface area contributed by atoms with Gasteiger partial charge < -0.3 is 38.8 Å². The molecule has 82 heavy (non-hydrogen) atoms. The molecule has 8 heterocycles. The maximum atomic E-state index is 12.5. The van der Waals surface area contributed by atoms with Crippen LogP contribution >= 0.6 is 34.8 Å². The molecule has 0 spiro atoms. The van der Waals surface area contributed by atoms with Crippen molar-refractivity contribution in [1.82, 2.24) is 39.6 Å². The van der Waals surface area contributed by atoms with E-state index in [2.05, 4.69) is 89.8 Å². The van der Waals surface area contributed by atoms with Crippen molar-refractivity contribution < 1.29 is 19.0 Å². The van der Waals surface area contributed by atoms with Crippen molar-refractivity contribution >= 4 is 102 Å². The average Bonchev–Trinajstić information content (AvgIpc) is 3.49. The summed E-state index contributed by atoms with van der Waals surface area (Å²) < 4.78 is 18.2. The van der Waals surface area contributed by atoms with Crippen LogP contribution in [0.15, 0.2) is 72.8 Å². The Labute approximate surface area is 496 Å². The summed E-state index contributed by atoms with van der Waals surface area (Å²) >= 11 is 17.9. The van der Waals surface area contributed by atoms with E-state index in [0.717, 1.165) is 134 Å². The van der Waals surface area contributed by atoms with Crippen LogP contribution in [0.2, 0.25) is 15.2 Å². The first-order valence-corrected chi connectivity index (χ1v) is 29.4. The average molecular weight is 1170 g/mol. The van der Waals surface area contributed by atoms with Crippen LogP contribution in [0, 0.1) is 19.7 Å². The third-order valence-electron chi connectivity index (χ3n) is 14.7. The van der Waals surface area contributed by atoms with Gasteiger partial charge in [0.25, 0.3) is 0 Å². The van der Waals surface area contributed by atoms with Crippen molar-refractivity contribution in [3.8, 4) is 11.3 Å². The van der Waals surface area contributed by atoms with Crippen LogP contribution in [0.1, 0.15) is 78.2 Å². The molecular formula is C62H72Cl3N13O4. The van der Waals surface area contributed by atoms with Crippen molar-refractivity contribution in [3.63, 3.8) is 0 Å². The minimum absolute atomic E-state index is 0.177. The van der Waals surface area contributed by atoms with Crippen LogP contribution < -0.4 is 15.1 Å². The molecule has 4 fully saturated rings. The molecule has 3 saturated heterocycles. The number of nitrogens with zero attached hydrogens (tertiary/aromatic N) is 12. The summed E-state index contributed by atoms with van der Waals surface area (Å²) in [6.45, 7) is 47.9. The number of carbonyl (C=O) groups excluding carboxylic acids is 1. The van der Waals surface area contributed by atoms with E-state index in [1.54, 1.807) is 24.3 Å². The number of carbonyl (C=O) groups is 1. The topological polar surface area (TPSA) is 139 Å². The summed E-state index contributed by atoms with van der Waals surface area (Å²) in [6, 6.07) is 23.9. The molecule has 1 amide bonds. The van der Waals surface area contributed by atoms with Gasteiger partial charge in [0, 0.05) is 103 Å². The van der Waals surface area contributed by atoms with Crippen LogP contribution in [0.25, 0.3) is 58.5 Å². The minimum Gasteiger partial charge on any atom is -0.379 e. The lowest BCUT2D eigenvalue weighted by atomic mass is 10.0. The highest BCUT2D eigenvalue weighted by atomic mass is 35.5. The maximum Gasteiger partial charge on any atom is 0.229 e. The standard InChI is InChI=1S/C26H28N6O2.C14H12ClN3O.C10H4Cl2N2.C8H19N.C4H9NO/c1-3-23(33)31-9-10-32-22(16-31)24(29-25(32)17-7-8-17)18-5-4-6-20-19(18)15-21(27-2)26(28-20)30-11-13-34-14-12-30;1-16-13-9-10-11(15)3-2-4-12(10)17-14(13)18-5-7-19-8-6-18;1-13-9-5-6-7(11)3-2-4-8(6)14-10(9)12;1-6-9(7(2)3)8(4)5;1-3-6-4-2-5-1/h4-6,15,17H,3,7-14,16H2,1H3;2-4,9H,5-8H2;2-5H;7-8H,6H2,1-5H3;5H,1-4H2. The van der Waals surface area contributed by atoms with Crippen molar-refractivity contribution in [2.24, 2.45) is 0 Å². The molecule has 20 heteroatoms. The normalized spacial score (nSPS) is 15.9. The van der Waals surface area contributed by atoms with Crippen LogP contribution in [-0.2, 0) is 32.1 Å². The fourth-order valence-electron chi connectivity index (χ4n) is 10.4. The predicted molar refractivity (Wildman–Crippen MR) is 330 cm³/mol. The molecule has 1 saturated carbocycles. The highest BCUT2D eigenvalue weighted by Crippen LogP contribution is 2.44. The molecule has 4 aliphatic heterocycles. The zero-order chi connectivity index (χ0) is 58.3. The van der Waals surface area contributed by atoms with Gasteiger partial charge in [-0.25, -0.2) is 34.5 Å². The molecule has 12 rings (SSSR count). The molecule has 3 aromatic carbocycles. The molecule has 0 bridgehead atoms. The molecule has 4 aromatic heterocycles. The summed E-state index contributed by atoms with van der Waals surface area (Å²) in [5.74, 6) is 3.30. The van der Waals surface area contributed by atoms with E-state index >= 15 is 0 Å². The van der Waals surface area contributed by atoms with E-state index in [-0.39, 0.29) is 11.1 Å². The number of halogens is 3. The summed E-state index contributed by atoms with van der Waals surface area (Å²) in [7, 11) is 0. The van der Waals surface area contributed by atoms with E-state index in [4.69, 9.17) is 78.7 Å². The number of benzene rings is 3. The minimum atomic E-state index is 0.177. The predicted octanol–water partition coefficient (Wildman–Crippen LogP) is 13.2. The maximum absolute atomic E-state index is 12.5. The van der Waals surface area contributed by atoms with Gasteiger partial charge in [-0.1, -0.05) is 72.9 Å². The molecule has 7 aromatic rings. The monoisotopic (exact) mass is 1170 g/mol. The Morgan fingerprint density at radius 1 is 0.646 bits per heavy atom. The SMILES string of the molecule is C1COCCN1.CCN(C(C)C)C(C)C.[C-]#[N+]c1cc2c(-c3nc(C4CC4)n4c3CN(C(=O)CC)CC4)cccc2nc1N1CCOCC1.[C-]#[N+]c1cc2c(Cl)cccc2nc1Cl.[C-]#[N+]c1cc2c(Cl)cccc2nc1N1CCOCC1. The zero-order valence-electron chi connectivity index (χ0n) is 47.7. The van der Waals surface area contributed by atoms with Crippen molar-refractivity contribution in [2.75, 3.05) is 102 Å². The van der Waals surface area contributed by atoms with Gasteiger partial charge in [0.1, 0.15) is 22.6 Å². The van der Waals surface area contributed by atoms with E-state index in [1.807, 2.05) is 54.3 Å². The van der Waals surface area contributed by atoms with Gasteiger partial charge in [-0.15, -0.1) is 0 Å². The number of hydrogen-bond acceptors (Lipinski definition) is 12. The van der Waals surface area contributed by atoms with E-state index in [9.17, 15) is 4.79 Å². The number of fused-ring (bicyclic) bond motifs is 4. The Morgan fingerprint density at radius 2 is 1.13 bits per heavy atom. The number of imidazole rings is 1. The Hall–Kier alpha value is -6.69. The van der Waals surface area contributed by atoms with Crippen LogP contribution in [0.3, 0.4) is 0 Å². The lowest BCUT2D eigenvalue weighted by molar-refractivity contribution is -0.132. The number of anilines is 2. The highest BCUT2D eigenvalue weighted by molar-refractivity contribution is 6.37. The summed E-state index contributed by atoms with van der Waals surface area (Å²) in [5.41, 5.74) is 6.83. The Balaban J connectivity index is 0.000000154. The summed E-state index contributed by atoms with van der Waals surface area (Å²) in [4.78, 5) is 50.6. The number of amides is 1. The molecule has 1 aliphatic carbocycles. The molecule has 5 aliphatic rings. The second-order valence-electron chi connectivity index (χ2n) is 20.7. The third-order valence-corrected chi connectivity index (χ3v) is 15.7. The lowest BCUT2D eigenvalue weighted by Gasteiger charge is -2.30. The molecule has 430 valence electrons. The second kappa shape index (κ2) is 29.5. The molecule has 0 unspecified atom stereocenters. The fourth-order valence-corrected chi connectivity index (χ4v) is 11.1. The van der Waals surface area contributed by atoms with Gasteiger partial charge in [0.2, 0.25) is 23.0 Å². The van der Waals surface area contributed by atoms with Crippen LogP contribution in [0.4, 0.5) is 28.7 Å². The quantitative estimate of drug-likeness (QED) is 0.114. The molecular weight excluding hydrogens is 1100 g/mol. The van der Waals surface area contributed by atoms with E-state index in [0.29, 0.717) is 90.0 Å². The van der Waals surface area contributed by atoms with E-state index in [1.165, 1.54) is 12.8 Å². The largest absolute Gasteiger partial charge is 0.379 e. The summed E-state index contributed by atoms with van der Waals surface area (Å²) in [6.07, 6.45) is 2.86. The molecule has 1 N–H and O–H groups in total. The van der Waals surface area contributed by atoms with Gasteiger partial charge in [-0.2, -0.15) is 0 Å². The first kappa shape index (κ1) is 61.4. The van der Waals surface area contributed by atoms with Gasteiger partial charge in [-0.05, 0) is 101 Å². The van der Waals surface area contributed by atoms with Crippen LogP contribution in [0.5, 0.6) is 0 Å². The zero-order valence-corrected chi connectivity index (χ0v) is 50.0. The Bertz CT molecular complexity index is 3440. The summed E-state index contributed by atoms with van der Waals surface area (Å²) in [5, 5.41) is 7.10. The smallest absolute Gasteiger partial charge is 0.229 e. The number of hydrogen-bond donors (Lipinski definition) is 1. The Morgan fingerprint density at radius 3 is 1.59 bits per heavy atom. The first-order valence-electron chi connectivity index (χ1n) is 28.3. The van der Waals surface area contributed by atoms with Gasteiger partial charge in [0.05, 0.1) is 93.8 Å². The van der Waals surface area contributed by atoms with Crippen molar-refractivity contribution in [1.29, 1.82) is 0 Å². The number of rotatable bonds is 8. The number of pyridine rings is 3. The molecule has 0 atom stereocenters. The van der Waals surface area contributed by atoms with Crippen molar-refractivity contribution in [3.05, 3.63) is 134 Å².